The van der Waals surface area contributed by atoms with Crippen molar-refractivity contribution in [2.24, 2.45) is 11.8 Å². The summed E-state index contributed by atoms with van der Waals surface area (Å²) < 4.78 is 37.9. The maximum atomic E-state index is 12.5. The molecular weight excluding hydrogens is 294 g/mol. The van der Waals surface area contributed by atoms with E-state index in [-0.39, 0.29) is 12.0 Å². The van der Waals surface area contributed by atoms with E-state index in [0.717, 1.165) is 19.3 Å². The summed E-state index contributed by atoms with van der Waals surface area (Å²) in [6.45, 7) is 3.13. The van der Waals surface area contributed by atoms with Crippen molar-refractivity contribution >= 4 is 16.0 Å². The van der Waals surface area contributed by atoms with E-state index in [1.54, 1.807) is 0 Å². The van der Waals surface area contributed by atoms with Crippen LogP contribution in [-0.4, -0.2) is 46.0 Å². The first-order chi connectivity index (χ1) is 9.99. The number of sulfonamides is 1. The molecule has 4 unspecified atom stereocenters. The van der Waals surface area contributed by atoms with Gasteiger partial charge >= 0.3 is 5.97 Å². The zero-order valence-electron chi connectivity index (χ0n) is 12.7. The summed E-state index contributed by atoms with van der Waals surface area (Å²) in [4.78, 5) is 11.7. The Morgan fingerprint density at radius 3 is 2.76 bits per heavy atom. The van der Waals surface area contributed by atoms with Crippen LogP contribution in [0.2, 0.25) is 0 Å². The number of hydrogen-bond acceptors (Lipinski definition) is 5. The minimum atomic E-state index is -3.49. The molecule has 4 atom stereocenters. The number of carbonyl (C=O) groups excluding carboxylic acids is 1. The highest BCUT2D eigenvalue weighted by Gasteiger charge is 2.42. The number of carbonyl (C=O) groups is 1. The van der Waals surface area contributed by atoms with Crippen LogP contribution >= 0.6 is 0 Å². The van der Waals surface area contributed by atoms with E-state index >= 15 is 0 Å². The first kappa shape index (κ1) is 16.7. The van der Waals surface area contributed by atoms with Gasteiger partial charge in [-0.25, -0.2) is 13.1 Å². The van der Waals surface area contributed by atoms with E-state index in [9.17, 15) is 13.2 Å². The molecule has 0 aromatic carbocycles. The Balaban J connectivity index is 1.96. The Morgan fingerprint density at radius 1 is 1.33 bits per heavy atom. The fourth-order valence-electron chi connectivity index (χ4n) is 3.43. The average Bonchev–Trinajstić information content (AvgIpc) is 3.12. The molecule has 21 heavy (non-hydrogen) atoms. The maximum Gasteiger partial charge on any atom is 0.310 e. The number of esters is 1. The Hall–Kier alpha value is -0.660. The van der Waals surface area contributed by atoms with Crippen molar-refractivity contribution in [2.75, 3.05) is 20.3 Å². The third-order valence-corrected chi connectivity index (χ3v) is 6.58. The topological polar surface area (TPSA) is 81.7 Å². The lowest BCUT2D eigenvalue weighted by Crippen LogP contribution is -2.42. The molecule has 0 amide bonds. The molecule has 1 aliphatic carbocycles. The summed E-state index contributed by atoms with van der Waals surface area (Å²) in [6.07, 6.45) is 3.76. The lowest BCUT2D eigenvalue weighted by atomic mass is 10.0. The largest absolute Gasteiger partial charge is 0.469 e. The van der Waals surface area contributed by atoms with Crippen LogP contribution in [0.5, 0.6) is 0 Å². The monoisotopic (exact) mass is 319 g/mol. The number of ether oxygens (including phenoxy) is 2. The number of nitrogens with one attached hydrogen (secondary N) is 1. The maximum absolute atomic E-state index is 12.5. The molecule has 1 heterocycles. The molecule has 0 bridgehead atoms. The second-order valence-corrected chi connectivity index (χ2v) is 7.84. The van der Waals surface area contributed by atoms with Gasteiger partial charge in [-0.3, -0.25) is 4.79 Å². The van der Waals surface area contributed by atoms with Crippen molar-refractivity contribution in [1.29, 1.82) is 0 Å². The fourth-order valence-corrected chi connectivity index (χ4v) is 5.24. The van der Waals surface area contributed by atoms with Gasteiger partial charge < -0.3 is 9.47 Å². The SMILES string of the molecule is CCC1OCCC1CNS(=O)(=O)C1CCCC1C(=O)OC. The van der Waals surface area contributed by atoms with Gasteiger partial charge in [-0.1, -0.05) is 13.3 Å². The number of hydrogen-bond donors (Lipinski definition) is 1. The van der Waals surface area contributed by atoms with E-state index in [2.05, 4.69) is 4.72 Å². The van der Waals surface area contributed by atoms with Crippen LogP contribution in [0.4, 0.5) is 0 Å². The van der Waals surface area contributed by atoms with Crippen LogP contribution in [0.15, 0.2) is 0 Å². The molecule has 122 valence electrons. The van der Waals surface area contributed by atoms with Crippen molar-refractivity contribution in [3.8, 4) is 0 Å². The number of methoxy groups -OCH3 is 1. The number of rotatable bonds is 6. The van der Waals surface area contributed by atoms with Crippen molar-refractivity contribution < 1.29 is 22.7 Å². The summed E-state index contributed by atoms with van der Waals surface area (Å²) in [7, 11) is -2.18. The summed E-state index contributed by atoms with van der Waals surface area (Å²) in [5.74, 6) is -0.726. The third kappa shape index (κ3) is 3.76. The third-order valence-electron chi connectivity index (χ3n) is 4.65. The molecule has 0 aromatic heterocycles. The van der Waals surface area contributed by atoms with Gasteiger partial charge in [0.15, 0.2) is 0 Å². The molecule has 2 rings (SSSR count). The van der Waals surface area contributed by atoms with Crippen molar-refractivity contribution in [1.82, 2.24) is 4.72 Å². The van der Waals surface area contributed by atoms with Crippen LogP contribution < -0.4 is 4.72 Å². The first-order valence-corrected chi connectivity index (χ1v) is 9.22. The predicted molar refractivity (Wildman–Crippen MR) is 78.2 cm³/mol. The van der Waals surface area contributed by atoms with Gasteiger partial charge in [-0.05, 0) is 25.7 Å². The first-order valence-electron chi connectivity index (χ1n) is 7.67. The van der Waals surface area contributed by atoms with Gasteiger partial charge in [0, 0.05) is 19.1 Å². The fraction of sp³-hybridized carbons (Fsp3) is 0.929. The standard InChI is InChI=1S/C14H25NO5S/c1-3-12-10(7-8-20-12)9-15-21(17,18)13-6-4-5-11(13)14(16)19-2/h10-13,15H,3-9H2,1-2H3. The Bertz CT molecular complexity index is 464. The summed E-state index contributed by atoms with van der Waals surface area (Å²) >= 11 is 0. The second kappa shape index (κ2) is 7.07. The van der Waals surface area contributed by atoms with Gasteiger partial charge in [0.05, 0.1) is 24.4 Å². The van der Waals surface area contributed by atoms with Gasteiger partial charge in [-0.2, -0.15) is 0 Å². The molecule has 0 aromatic rings. The smallest absolute Gasteiger partial charge is 0.310 e. The lowest BCUT2D eigenvalue weighted by molar-refractivity contribution is -0.145. The highest BCUT2D eigenvalue weighted by atomic mass is 32.2. The molecule has 0 spiro atoms. The summed E-state index contributed by atoms with van der Waals surface area (Å²) in [6, 6.07) is 0. The molecule has 7 heteroatoms. The summed E-state index contributed by atoms with van der Waals surface area (Å²) in [5, 5.41) is -0.660. The van der Waals surface area contributed by atoms with E-state index < -0.39 is 27.2 Å². The van der Waals surface area contributed by atoms with Gasteiger partial charge in [0.2, 0.25) is 10.0 Å². The molecule has 6 nitrogen and oxygen atoms in total. The quantitative estimate of drug-likeness (QED) is 0.740. The minimum Gasteiger partial charge on any atom is -0.469 e. The van der Waals surface area contributed by atoms with Gasteiger partial charge in [0.25, 0.3) is 0 Å². The van der Waals surface area contributed by atoms with Crippen LogP contribution in [-0.2, 0) is 24.3 Å². The zero-order valence-corrected chi connectivity index (χ0v) is 13.5. The molecular formula is C14H25NO5S. The van der Waals surface area contributed by atoms with Gasteiger partial charge in [-0.15, -0.1) is 0 Å². The van der Waals surface area contributed by atoms with Crippen LogP contribution in [0.3, 0.4) is 0 Å². The van der Waals surface area contributed by atoms with Crippen LogP contribution in [0, 0.1) is 11.8 Å². The normalized spacial score (nSPS) is 33.2. The second-order valence-electron chi connectivity index (χ2n) is 5.86. The molecule has 1 aliphatic heterocycles. The lowest BCUT2D eigenvalue weighted by Gasteiger charge is -2.21. The van der Waals surface area contributed by atoms with Crippen molar-refractivity contribution in [3.63, 3.8) is 0 Å². The van der Waals surface area contributed by atoms with E-state index in [1.807, 2.05) is 6.92 Å². The minimum absolute atomic E-state index is 0.132. The van der Waals surface area contributed by atoms with E-state index in [0.29, 0.717) is 26.0 Å². The molecule has 1 saturated carbocycles. The Morgan fingerprint density at radius 2 is 2.10 bits per heavy atom. The van der Waals surface area contributed by atoms with Gasteiger partial charge in [0.1, 0.15) is 0 Å². The highest BCUT2D eigenvalue weighted by Crippen LogP contribution is 2.32. The Kier molecular flexibility index (Phi) is 5.62. The van der Waals surface area contributed by atoms with Crippen LogP contribution in [0.25, 0.3) is 0 Å². The Labute approximate surface area is 126 Å². The predicted octanol–water partition coefficient (Wildman–Crippen LogP) is 1.06. The molecule has 2 aliphatic rings. The van der Waals surface area contributed by atoms with Crippen molar-refractivity contribution in [2.45, 2.75) is 50.4 Å². The molecule has 0 radical (unpaired) electrons. The average molecular weight is 319 g/mol. The van der Waals surface area contributed by atoms with Crippen LogP contribution in [0.1, 0.15) is 39.0 Å². The van der Waals surface area contributed by atoms with E-state index in [1.165, 1.54) is 7.11 Å². The van der Waals surface area contributed by atoms with E-state index in [4.69, 9.17) is 9.47 Å². The summed E-state index contributed by atoms with van der Waals surface area (Å²) in [5.41, 5.74) is 0. The molecule has 1 N–H and O–H groups in total. The molecule has 2 fully saturated rings. The van der Waals surface area contributed by atoms with Crippen molar-refractivity contribution in [3.05, 3.63) is 0 Å². The highest BCUT2D eigenvalue weighted by molar-refractivity contribution is 7.90. The molecule has 1 saturated heterocycles. The zero-order chi connectivity index (χ0) is 15.5.